The van der Waals surface area contributed by atoms with E-state index in [0.29, 0.717) is 17.3 Å². The second-order valence-electron chi connectivity index (χ2n) is 5.44. The third kappa shape index (κ3) is 4.28. The number of hydrogen-bond donors (Lipinski definition) is 2. The van der Waals surface area contributed by atoms with Crippen LogP contribution < -0.4 is 10.6 Å². The number of nitrogens with zero attached hydrogens (tertiary/aromatic N) is 2. The van der Waals surface area contributed by atoms with E-state index in [1.165, 1.54) is 0 Å². The molecule has 2 N–H and O–H groups in total. The van der Waals surface area contributed by atoms with Crippen molar-refractivity contribution in [2.24, 2.45) is 0 Å². The summed E-state index contributed by atoms with van der Waals surface area (Å²) in [6.45, 7) is 8.68. The van der Waals surface area contributed by atoms with Crippen LogP contribution in [0.15, 0.2) is 24.3 Å². The average Bonchev–Trinajstić information content (AvgIpc) is 2.43. The number of aromatic nitrogens is 2. The third-order valence-corrected chi connectivity index (χ3v) is 3.11. The van der Waals surface area contributed by atoms with Gasteiger partial charge in [0, 0.05) is 18.3 Å². The van der Waals surface area contributed by atoms with E-state index >= 15 is 0 Å². The van der Waals surface area contributed by atoms with Crippen molar-refractivity contribution in [3.8, 4) is 0 Å². The molecule has 0 aliphatic carbocycles. The van der Waals surface area contributed by atoms with Crippen LogP contribution in [0, 0.1) is 20.8 Å². The predicted octanol–water partition coefficient (Wildman–Crippen LogP) is 3.48. The highest BCUT2D eigenvalue weighted by Gasteiger charge is 2.11. The Morgan fingerprint density at radius 3 is 2.36 bits per heavy atom. The largest absolute Gasteiger partial charge is 0.370 e. The van der Waals surface area contributed by atoms with E-state index in [9.17, 15) is 4.79 Å². The lowest BCUT2D eigenvalue weighted by atomic mass is 10.1. The van der Waals surface area contributed by atoms with Gasteiger partial charge in [-0.2, -0.15) is 0 Å². The van der Waals surface area contributed by atoms with Gasteiger partial charge in [0.25, 0.3) is 5.91 Å². The fraction of sp³-hybridized carbons (Fsp3) is 0.353. The van der Waals surface area contributed by atoms with Crippen LogP contribution in [0.3, 0.4) is 0 Å². The molecule has 1 heterocycles. The molecule has 0 fully saturated rings. The van der Waals surface area contributed by atoms with Gasteiger partial charge in [0.15, 0.2) is 0 Å². The second-order valence-corrected chi connectivity index (χ2v) is 5.44. The van der Waals surface area contributed by atoms with Crippen LogP contribution >= 0.6 is 0 Å². The molecular formula is C17H22N4O. The predicted molar refractivity (Wildman–Crippen MR) is 89.4 cm³/mol. The minimum Gasteiger partial charge on any atom is -0.370 e. The van der Waals surface area contributed by atoms with Gasteiger partial charge in [-0.15, -0.1) is 0 Å². The van der Waals surface area contributed by atoms with Crippen molar-refractivity contribution in [3.05, 3.63) is 46.9 Å². The Hall–Kier alpha value is -2.43. The third-order valence-electron chi connectivity index (χ3n) is 3.11. The second kappa shape index (κ2) is 7.02. The Morgan fingerprint density at radius 2 is 1.73 bits per heavy atom. The van der Waals surface area contributed by atoms with Crippen molar-refractivity contribution in [2.45, 2.75) is 34.1 Å². The lowest BCUT2D eigenvalue weighted by Gasteiger charge is -2.09. The Labute approximate surface area is 131 Å². The van der Waals surface area contributed by atoms with Crippen molar-refractivity contribution < 1.29 is 4.79 Å². The Balaban J connectivity index is 2.19. The SMILES string of the molecule is CCCNc1cc(C(=O)Nc2cc(C)cc(C)c2)nc(C)n1. The van der Waals surface area contributed by atoms with Crippen LogP contribution in [0.25, 0.3) is 0 Å². The maximum absolute atomic E-state index is 12.4. The molecule has 1 amide bonds. The summed E-state index contributed by atoms with van der Waals surface area (Å²) in [5, 5.41) is 6.07. The van der Waals surface area contributed by atoms with Gasteiger partial charge in [-0.1, -0.05) is 13.0 Å². The first-order valence-corrected chi connectivity index (χ1v) is 7.47. The first-order valence-electron chi connectivity index (χ1n) is 7.47. The maximum Gasteiger partial charge on any atom is 0.274 e. The number of carbonyl (C=O) groups is 1. The zero-order chi connectivity index (χ0) is 16.1. The quantitative estimate of drug-likeness (QED) is 0.887. The van der Waals surface area contributed by atoms with E-state index in [4.69, 9.17) is 0 Å². The van der Waals surface area contributed by atoms with E-state index < -0.39 is 0 Å². The molecule has 1 aromatic carbocycles. The highest BCUT2D eigenvalue weighted by molar-refractivity contribution is 6.03. The van der Waals surface area contributed by atoms with Crippen LogP contribution in [0.5, 0.6) is 0 Å². The van der Waals surface area contributed by atoms with Crippen LogP contribution in [-0.2, 0) is 0 Å². The van der Waals surface area contributed by atoms with Crippen LogP contribution in [0.2, 0.25) is 0 Å². The fourth-order valence-corrected chi connectivity index (χ4v) is 2.27. The molecule has 22 heavy (non-hydrogen) atoms. The molecule has 0 saturated carbocycles. The zero-order valence-corrected chi connectivity index (χ0v) is 13.5. The van der Waals surface area contributed by atoms with Gasteiger partial charge in [-0.3, -0.25) is 4.79 Å². The summed E-state index contributed by atoms with van der Waals surface area (Å²) in [7, 11) is 0. The number of aryl methyl sites for hydroxylation is 3. The highest BCUT2D eigenvalue weighted by Crippen LogP contribution is 2.15. The van der Waals surface area contributed by atoms with Crippen molar-refractivity contribution in [3.63, 3.8) is 0 Å². The van der Waals surface area contributed by atoms with E-state index in [1.54, 1.807) is 13.0 Å². The number of nitrogens with one attached hydrogen (secondary N) is 2. The summed E-state index contributed by atoms with van der Waals surface area (Å²) in [6, 6.07) is 7.63. The summed E-state index contributed by atoms with van der Waals surface area (Å²) in [6.07, 6.45) is 0.993. The first kappa shape index (κ1) is 15.9. The average molecular weight is 298 g/mol. The zero-order valence-electron chi connectivity index (χ0n) is 13.5. The fourth-order valence-electron chi connectivity index (χ4n) is 2.27. The van der Waals surface area contributed by atoms with Crippen LogP contribution in [-0.4, -0.2) is 22.4 Å². The molecule has 0 atom stereocenters. The summed E-state index contributed by atoms with van der Waals surface area (Å²) in [4.78, 5) is 20.9. The van der Waals surface area contributed by atoms with Gasteiger partial charge < -0.3 is 10.6 Å². The van der Waals surface area contributed by atoms with Crippen molar-refractivity contribution in [1.29, 1.82) is 0 Å². The molecule has 0 saturated heterocycles. The summed E-state index contributed by atoms with van der Waals surface area (Å²) >= 11 is 0. The highest BCUT2D eigenvalue weighted by atomic mass is 16.1. The molecule has 5 heteroatoms. The smallest absolute Gasteiger partial charge is 0.274 e. The van der Waals surface area contributed by atoms with Gasteiger partial charge in [-0.25, -0.2) is 9.97 Å². The number of rotatable bonds is 5. The molecule has 0 unspecified atom stereocenters. The molecule has 5 nitrogen and oxygen atoms in total. The molecule has 0 spiro atoms. The van der Waals surface area contributed by atoms with Crippen molar-refractivity contribution in [2.75, 3.05) is 17.2 Å². The van der Waals surface area contributed by atoms with Gasteiger partial charge >= 0.3 is 0 Å². The monoisotopic (exact) mass is 298 g/mol. The summed E-state index contributed by atoms with van der Waals surface area (Å²) in [5.41, 5.74) is 3.37. The minimum atomic E-state index is -0.227. The van der Waals surface area contributed by atoms with Crippen LogP contribution in [0.1, 0.15) is 40.8 Å². The lowest BCUT2D eigenvalue weighted by molar-refractivity contribution is 0.102. The molecule has 0 bridgehead atoms. The topological polar surface area (TPSA) is 66.9 Å². The van der Waals surface area contributed by atoms with Gasteiger partial charge in [0.2, 0.25) is 0 Å². The van der Waals surface area contributed by atoms with Crippen molar-refractivity contribution >= 4 is 17.4 Å². The van der Waals surface area contributed by atoms with E-state index in [2.05, 4.69) is 33.6 Å². The molecule has 116 valence electrons. The number of anilines is 2. The van der Waals surface area contributed by atoms with Gasteiger partial charge in [0.05, 0.1) is 0 Å². The number of benzene rings is 1. The minimum absolute atomic E-state index is 0.227. The molecule has 2 aromatic rings. The normalized spacial score (nSPS) is 10.4. The number of hydrogen-bond acceptors (Lipinski definition) is 4. The number of carbonyl (C=O) groups excluding carboxylic acids is 1. The summed E-state index contributed by atoms with van der Waals surface area (Å²) in [5.74, 6) is 1.03. The first-order chi connectivity index (χ1) is 10.5. The Kier molecular flexibility index (Phi) is 5.09. The number of amides is 1. The molecular weight excluding hydrogens is 276 g/mol. The van der Waals surface area contributed by atoms with E-state index in [1.807, 2.05) is 26.0 Å². The lowest BCUT2D eigenvalue weighted by Crippen LogP contribution is -2.16. The van der Waals surface area contributed by atoms with Gasteiger partial charge in [0.1, 0.15) is 17.3 Å². The standard InChI is InChI=1S/C17H22N4O/c1-5-6-18-16-10-15(19-13(4)20-16)17(22)21-14-8-11(2)7-12(3)9-14/h7-10H,5-6H2,1-4H3,(H,21,22)(H,18,19,20). The molecule has 1 aromatic heterocycles. The Bertz CT molecular complexity index is 662. The molecule has 2 rings (SSSR count). The molecule has 0 radical (unpaired) electrons. The van der Waals surface area contributed by atoms with E-state index in [0.717, 1.165) is 29.8 Å². The maximum atomic E-state index is 12.4. The van der Waals surface area contributed by atoms with Crippen LogP contribution in [0.4, 0.5) is 11.5 Å². The molecule has 0 aliphatic heterocycles. The van der Waals surface area contributed by atoms with Gasteiger partial charge in [-0.05, 0) is 50.5 Å². The van der Waals surface area contributed by atoms with Crippen molar-refractivity contribution in [1.82, 2.24) is 9.97 Å². The van der Waals surface area contributed by atoms with E-state index in [-0.39, 0.29) is 5.91 Å². The molecule has 0 aliphatic rings. The Morgan fingerprint density at radius 1 is 1.05 bits per heavy atom. The summed E-state index contributed by atoms with van der Waals surface area (Å²) < 4.78 is 0.